The molecule has 0 radical (unpaired) electrons. The highest BCUT2D eigenvalue weighted by Crippen LogP contribution is 2.36. The molecular weight excluding hydrogens is 470 g/mol. The lowest BCUT2D eigenvalue weighted by Gasteiger charge is -2.36. The highest BCUT2D eigenvalue weighted by molar-refractivity contribution is 9.10. The van der Waals surface area contributed by atoms with E-state index in [2.05, 4.69) is 31.9 Å². The Kier molecular flexibility index (Phi) is 6.87. The number of urea groups is 1. The summed E-state index contributed by atoms with van der Waals surface area (Å²) >= 11 is 3.46. The lowest BCUT2D eigenvalue weighted by molar-refractivity contribution is -0.125. The van der Waals surface area contributed by atoms with Crippen LogP contribution in [0.25, 0.3) is 0 Å². The van der Waals surface area contributed by atoms with E-state index in [0.717, 1.165) is 10.0 Å². The fourth-order valence-corrected chi connectivity index (χ4v) is 4.10. The Morgan fingerprint density at radius 3 is 1.84 bits per heavy atom. The lowest BCUT2D eigenvalue weighted by atomic mass is 9.73. The molecule has 0 unspecified atom stereocenters. The molecule has 3 aromatic rings. The SMILES string of the molecule is O=C(Nc1ccccc1)Nc1ccc(NC(=O)C2(c3ccc(Br)cc3)CCOCC2)cc1. The van der Waals surface area contributed by atoms with Crippen molar-refractivity contribution in [3.63, 3.8) is 0 Å². The smallest absolute Gasteiger partial charge is 0.323 e. The number of hydrogen-bond donors (Lipinski definition) is 3. The first kappa shape index (κ1) is 22.0. The second-order valence-electron chi connectivity index (χ2n) is 7.68. The molecule has 0 aliphatic carbocycles. The van der Waals surface area contributed by atoms with E-state index in [1.165, 1.54) is 0 Å². The second kappa shape index (κ2) is 9.97. The van der Waals surface area contributed by atoms with E-state index < -0.39 is 5.41 Å². The number of rotatable bonds is 5. The van der Waals surface area contributed by atoms with Crippen LogP contribution in [-0.4, -0.2) is 25.2 Å². The molecule has 1 aliphatic heterocycles. The van der Waals surface area contributed by atoms with Crippen LogP contribution in [0.2, 0.25) is 0 Å². The van der Waals surface area contributed by atoms with Gasteiger partial charge < -0.3 is 20.7 Å². The summed E-state index contributed by atoms with van der Waals surface area (Å²) in [5.41, 5.74) is 2.36. The molecule has 32 heavy (non-hydrogen) atoms. The molecule has 4 rings (SSSR count). The number of carbonyl (C=O) groups is 2. The van der Waals surface area contributed by atoms with Crippen molar-refractivity contribution < 1.29 is 14.3 Å². The van der Waals surface area contributed by atoms with Crippen LogP contribution in [0.15, 0.2) is 83.3 Å². The molecule has 0 atom stereocenters. The highest BCUT2D eigenvalue weighted by Gasteiger charge is 2.41. The van der Waals surface area contributed by atoms with E-state index in [1.54, 1.807) is 24.3 Å². The van der Waals surface area contributed by atoms with Gasteiger partial charge in [0.25, 0.3) is 0 Å². The molecule has 7 heteroatoms. The molecule has 3 amide bonds. The van der Waals surface area contributed by atoms with Gasteiger partial charge in [0.1, 0.15) is 0 Å². The first-order valence-corrected chi connectivity index (χ1v) is 11.2. The zero-order valence-corrected chi connectivity index (χ0v) is 19.0. The standard InChI is InChI=1S/C25H24BrN3O3/c26-19-8-6-18(7-9-19)25(14-16-32-17-15-25)23(30)27-21-10-12-22(13-11-21)29-24(31)28-20-4-2-1-3-5-20/h1-13H,14-17H2,(H,27,30)(H2,28,29,31). The fraction of sp³-hybridized carbons (Fsp3) is 0.200. The summed E-state index contributed by atoms with van der Waals surface area (Å²) in [4.78, 5) is 25.5. The van der Waals surface area contributed by atoms with Gasteiger partial charge in [-0.15, -0.1) is 0 Å². The van der Waals surface area contributed by atoms with Gasteiger partial charge in [0.15, 0.2) is 0 Å². The maximum atomic E-state index is 13.4. The quantitative estimate of drug-likeness (QED) is 0.421. The van der Waals surface area contributed by atoms with Crippen LogP contribution >= 0.6 is 15.9 Å². The number of benzene rings is 3. The Balaban J connectivity index is 1.43. The number of hydrogen-bond acceptors (Lipinski definition) is 3. The van der Waals surface area contributed by atoms with Gasteiger partial charge in [-0.1, -0.05) is 46.3 Å². The maximum absolute atomic E-state index is 13.4. The predicted molar refractivity (Wildman–Crippen MR) is 130 cm³/mol. The van der Waals surface area contributed by atoms with E-state index >= 15 is 0 Å². The lowest BCUT2D eigenvalue weighted by Crippen LogP contribution is -2.44. The van der Waals surface area contributed by atoms with E-state index in [-0.39, 0.29) is 11.9 Å². The first-order chi connectivity index (χ1) is 15.5. The summed E-state index contributed by atoms with van der Waals surface area (Å²) in [5.74, 6) is -0.0503. The van der Waals surface area contributed by atoms with Crippen LogP contribution in [-0.2, 0) is 14.9 Å². The summed E-state index contributed by atoms with van der Waals surface area (Å²) in [5, 5.41) is 8.61. The number of anilines is 3. The van der Waals surface area contributed by atoms with Gasteiger partial charge >= 0.3 is 6.03 Å². The van der Waals surface area contributed by atoms with Crippen molar-refractivity contribution in [2.75, 3.05) is 29.2 Å². The molecule has 1 saturated heterocycles. The summed E-state index contributed by atoms with van der Waals surface area (Å²) < 4.78 is 6.51. The molecule has 1 fully saturated rings. The van der Waals surface area contributed by atoms with Crippen molar-refractivity contribution in [1.82, 2.24) is 0 Å². The molecule has 3 aromatic carbocycles. The van der Waals surface area contributed by atoms with Crippen LogP contribution in [0.3, 0.4) is 0 Å². The Labute approximate surface area is 195 Å². The minimum absolute atomic E-state index is 0.0503. The molecule has 0 saturated carbocycles. The van der Waals surface area contributed by atoms with Crippen molar-refractivity contribution in [3.8, 4) is 0 Å². The third-order valence-electron chi connectivity index (χ3n) is 5.61. The van der Waals surface area contributed by atoms with Crippen molar-refractivity contribution in [2.24, 2.45) is 0 Å². The number of carbonyl (C=O) groups excluding carboxylic acids is 2. The van der Waals surface area contributed by atoms with E-state index in [4.69, 9.17) is 4.74 Å². The summed E-state index contributed by atoms with van der Waals surface area (Å²) in [6, 6.07) is 23.9. The average Bonchev–Trinajstić information content (AvgIpc) is 2.82. The highest BCUT2D eigenvalue weighted by atomic mass is 79.9. The van der Waals surface area contributed by atoms with Crippen LogP contribution in [0.5, 0.6) is 0 Å². The van der Waals surface area contributed by atoms with Crippen LogP contribution < -0.4 is 16.0 Å². The molecule has 164 valence electrons. The minimum Gasteiger partial charge on any atom is -0.381 e. The summed E-state index contributed by atoms with van der Waals surface area (Å²) in [6.07, 6.45) is 1.25. The van der Waals surface area contributed by atoms with Crippen molar-refractivity contribution in [1.29, 1.82) is 0 Å². The topological polar surface area (TPSA) is 79.5 Å². The second-order valence-corrected chi connectivity index (χ2v) is 8.59. The van der Waals surface area contributed by atoms with Gasteiger partial charge in [0.05, 0.1) is 5.41 Å². The number of nitrogens with one attached hydrogen (secondary N) is 3. The largest absolute Gasteiger partial charge is 0.381 e. The van der Waals surface area contributed by atoms with Crippen LogP contribution in [0.4, 0.5) is 21.9 Å². The first-order valence-electron chi connectivity index (χ1n) is 10.4. The average molecular weight is 494 g/mol. The maximum Gasteiger partial charge on any atom is 0.323 e. The van der Waals surface area contributed by atoms with E-state index in [9.17, 15) is 9.59 Å². The molecule has 0 bridgehead atoms. The van der Waals surface area contributed by atoms with E-state index in [0.29, 0.717) is 43.1 Å². The monoisotopic (exact) mass is 493 g/mol. The zero-order valence-electron chi connectivity index (χ0n) is 17.4. The van der Waals surface area contributed by atoms with Crippen molar-refractivity contribution in [3.05, 3.63) is 88.9 Å². The van der Waals surface area contributed by atoms with Gasteiger partial charge in [0.2, 0.25) is 5.91 Å². The zero-order chi connectivity index (χ0) is 22.4. The summed E-state index contributed by atoms with van der Waals surface area (Å²) in [6.45, 7) is 1.09. The molecule has 6 nitrogen and oxygen atoms in total. The van der Waals surface area contributed by atoms with Gasteiger partial charge in [0, 0.05) is 34.7 Å². The van der Waals surface area contributed by atoms with Crippen LogP contribution in [0.1, 0.15) is 18.4 Å². The Morgan fingerprint density at radius 1 is 0.719 bits per heavy atom. The molecule has 1 aliphatic rings. The van der Waals surface area contributed by atoms with Gasteiger partial charge in [-0.2, -0.15) is 0 Å². The molecule has 0 aromatic heterocycles. The molecular formula is C25H24BrN3O3. The third kappa shape index (κ3) is 5.18. The third-order valence-corrected chi connectivity index (χ3v) is 6.14. The number of para-hydroxylation sites is 1. The summed E-state index contributed by atoms with van der Waals surface area (Å²) in [7, 11) is 0. The fourth-order valence-electron chi connectivity index (χ4n) is 3.84. The van der Waals surface area contributed by atoms with Gasteiger partial charge in [-0.3, -0.25) is 4.79 Å². The van der Waals surface area contributed by atoms with Crippen molar-refractivity contribution >= 4 is 44.9 Å². The van der Waals surface area contributed by atoms with Gasteiger partial charge in [-0.25, -0.2) is 4.79 Å². The Hall–Kier alpha value is -3.16. The van der Waals surface area contributed by atoms with E-state index in [1.807, 2.05) is 54.6 Å². The number of ether oxygens (including phenoxy) is 1. The predicted octanol–water partition coefficient (Wildman–Crippen LogP) is 5.78. The normalized spacial score (nSPS) is 14.9. The van der Waals surface area contributed by atoms with Crippen molar-refractivity contribution in [2.45, 2.75) is 18.3 Å². The number of amides is 3. The Morgan fingerprint density at radius 2 is 1.25 bits per heavy atom. The Bertz CT molecular complexity index is 1060. The molecule has 0 spiro atoms. The molecule has 1 heterocycles. The molecule has 3 N–H and O–H groups in total. The van der Waals surface area contributed by atoms with Gasteiger partial charge in [-0.05, 0) is 66.9 Å². The van der Waals surface area contributed by atoms with Crippen LogP contribution in [0, 0.1) is 0 Å². The minimum atomic E-state index is -0.633. The number of halogens is 1.